The lowest BCUT2D eigenvalue weighted by Crippen LogP contribution is -2.51. The second-order valence-corrected chi connectivity index (χ2v) is 4.03. The molecule has 0 saturated carbocycles. The molecule has 0 saturated heterocycles. The highest BCUT2D eigenvalue weighted by molar-refractivity contribution is 5.74. The number of aliphatic hydroxyl groups excluding tert-OH is 2. The van der Waals surface area contributed by atoms with Crippen LogP contribution < -0.4 is 0 Å². The molecule has 0 aliphatic carbocycles. The summed E-state index contributed by atoms with van der Waals surface area (Å²) in [6, 6.07) is 8.83. The molecule has 0 spiro atoms. The largest absolute Gasteiger partial charge is 0.448 e. The van der Waals surface area contributed by atoms with Crippen molar-refractivity contribution in [1.29, 1.82) is 0 Å². The van der Waals surface area contributed by atoms with Crippen LogP contribution in [0.5, 0.6) is 0 Å². The summed E-state index contributed by atoms with van der Waals surface area (Å²) in [4.78, 5) is 22.3. The highest BCUT2D eigenvalue weighted by Gasteiger charge is 2.41. The lowest BCUT2D eigenvalue weighted by molar-refractivity contribution is -0.175. The van der Waals surface area contributed by atoms with E-state index in [9.17, 15) is 14.7 Å². The van der Waals surface area contributed by atoms with Crippen molar-refractivity contribution in [2.45, 2.75) is 25.0 Å². The molecule has 18 heavy (non-hydrogen) atoms. The van der Waals surface area contributed by atoms with Gasteiger partial charge in [-0.2, -0.15) is 0 Å². The Hall–Kier alpha value is -1.72. The minimum Gasteiger partial charge on any atom is -0.448 e. The number of carbonyl (C=O) groups is 2. The van der Waals surface area contributed by atoms with E-state index in [0.29, 0.717) is 6.29 Å². The van der Waals surface area contributed by atoms with Gasteiger partial charge in [0.25, 0.3) is 0 Å². The van der Waals surface area contributed by atoms with Crippen LogP contribution in [0.15, 0.2) is 30.3 Å². The SMILES string of the molecule is CC(=O)OC(C=O)(Cc1ccccc1)C(O)CO. The van der Waals surface area contributed by atoms with Crippen LogP contribution in [0, 0.1) is 0 Å². The fourth-order valence-corrected chi connectivity index (χ4v) is 1.70. The van der Waals surface area contributed by atoms with Crippen molar-refractivity contribution in [2.24, 2.45) is 0 Å². The van der Waals surface area contributed by atoms with Crippen molar-refractivity contribution in [3.63, 3.8) is 0 Å². The van der Waals surface area contributed by atoms with Crippen LogP contribution in [0.4, 0.5) is 0 Å². The van der Waals surface area contributed by atoms with Crippen molar-refractivity contribution in [1.82, 2.24) is 0 Å². The van der Waals surface area contributed by atoms with Gasteiger partial charge in [0.15, 0.2) is 11.9 Å². The van der Waals surface area contributed by atoms with Gasteiger partial charge in [0, 0.05) is 13.3 Å². The zero-order valence-corrected chi connectivity index (χ0v) is 10.1. The van der Waals surface area contributed by atoms with Gasteiger partial charge in [-0.1, -0.05) is 30.3 Å². The Kier molecular flexibility index (Phi) is 5.00. The van der Waals surface area contributed by atoms with E-state index in [0.717, 1.165) is 12.5 Å². The maximum absolute atomic E-state index is 11.2. The molecule has 2 atom stereocenters. The monoisotopic (exact) mass is 252 g/mol. The Bertz CT molecular complexity index is 403. The molecule has 0 aliphatic rings. The fourth-order valence-electron chi connectivity index (χ4n) is 1.70. The minimum atomic E-state index is -1.75. The predicted octanol–water partition coefficient (Wildman–Crippen LogP) is 0.0831. The molecule has 0 radical (unpaired) electrons. The number of carbonyl (C=O) groups excluding carboxylic acids is 2. The van der Waals surface area contributed by atoms with Crippen molar-refractivity contribution in [3.8, 4) is 0 Å². The van der Waals surface area contributed by atoms with Crippen molar-refractivity contribution in [3.05, 3.63) is 35.9 Å². The number of hydrogen-bond acceptors (Lipinski definition) is 5. The number of aldehydes is 1. The molecule has 98 valence electrons. The summed E-state index contributed by atoms with van der Waals surface area (Å²) < 4.78 is 4.93. The molecule has 0 heterocycles. The Morgan fingerprint density at radius 3 is 2.50 bits per heavy atom. The lowest BCUT2D eigenvalue weighted by atomic mass is 9.90. The average molecular weight is 252 g/mol. The third-order valence-corrected chi connectivity index (χ3v) is 2.59. The molecule has 2 unspecified atom stereocenters. The summed E-state index contributed by atoms with van der Waals surface area (Å²) in [6.07, 6.45) is -1.08. The highest BCUT2D eigenvalue weighted by atomic mass is 16.6. The van der Waals surface area contributed by atoms with Gasteiger partial charge in [0.05, 0.1) is 6.61 Å². The number of aliphatic hydroxyl groups is 2. The number of benzene rings is 1. The van der Waals surface area contributed by atoms with Gasteiger partial charge >= 0.3 is 5.97 Å². The zero-order chi connectivity index (χ0) is 13.6. The van der Waals surface area contributed by atoms with Gasteiger partial charge in [-0.15, -0.1) is 0 Å². The molecule has 1 aromatic carbocycles. The summed E-state index contributed by atoms with van der Waals surface area (Å²) in [5.41, 5.74) is -1.03. The van der Waals surface area contributed by atoms with Crippen LogP contribution in [-0.4, -0.2) is 40.8 Å². The molecule has 0 bridgehead atoms. The first-order valence-corrected chi connectivity index (χ1v) is 5.53. The number of rotatable bonds is 6. The molecule has 1 rings (SSSR count). The third kappa shape index (κ3) is 3.38. The molecule has 1 aromatic rings. The predicted molar refractivity (Wildman–Crippen MR) is 63.8 cm³/mol. The highest BCUT2D eigenvalue weighted by Crippen LogP contribution is 2.21. The van der Waals surface area contributed by atoms with Gasteiger partial charge in [-0.25, -0.2) is 0 Å². The maximum atomic E-state index is 11.2. The van der Waals surface area contributed by atoms with Gasteiger partial charge in [-0.05, 0) is 5.56 Å². The van der Waals surface area contributed by atoms with Crippen LogP contribution in [0.25, 0.3) is 0 Å². The second-order valence-electron chi connectivity index (χ2n) is 4.03. The molecule has 0 aromatic heterocycles. The zero-order valence-electron chi connectivity index (χ0n) is 10.1. The Balaban J connectivity index is 3.02. The molecule has 0 aliphatic heterocycles. The van der Waals surface area contributed by atoms with E-state index in [1.165, 1.54) is 0 Å². The number of hydrogen-bond donors (Lipinski definition) is 2. The van der Waals surface area contributed by atoms with Crippen molar-refractivity contribution in [2.75, 3.05) is 6.61 Å². The topological polar surface area (TPSA) is 83.8 Å². The number of esters is 1. The van der Waals surface area contributed by atoms with E-state index in [1.54, 1.807) is 30.3 Å². The van der Waals surface area contributed by atoms with Crippen LogP contribution in [-0.2, 0) is 20.7 Å². The Morgan fingerprint density at radius 1 is 1.44 bits per heavy atom. The quantitative estimate of drug-likeness (QED) is 0.553. The lowest BCUT2D eigenvalue weighted by Gasteiger charge is -2.31. The molecular formula is C13H16O5. The maximum Gasteiger partial charge on any atom is 0.303 e. The Morgan fingerprint density at radius 2 is 2.06 bits per heavy atom. The summed E-state index contributed by atoms with van der Waals surface area (Å²) in [6.45, 7) is 0.478. The van der Waals surface area contributed by atoms with Gasteiger partial charge < -0.3 is 14.9 Å². The van der Waals surface area contributed by atoms with E-state index in [1.807, 2.05) is 0 Å². The number of ether oxygens (including phenoxy) is 1. The van der Waals surface area contributed by atoms with Crippen LogP contribution in [0.1, 0.15) is 12.5 Å². The van der Waals surface area contributed by atoms with E-state index >= 15 is 0 Å². The summed E-state index contributed by atoms with van der Waals surface area (Å²) in [5.74, 6) is -0.689. The van der Waals surface area contributed by atoms with E-state index < -0.39 is 24.3 Å². The molecule has 5 nitrogen and oxygen atoms in total. The summed E-state index contributed by atoms with van der Waals surface area (Å²) in [7, 11) is 0. The van der Waals surface area contributed by atoms with E-state index in [4.69, 9.17) is 9.84 Å². The van der Waals surface area contributed by atoms with Crippen LogP contribution in [0.3, 0.4) is 0 Å². The van der Waals surface area contributed by atoms with Crippen LogP contribution in [0.2, 0.25) is 0 Å². The fraction of sp³-hybridized carbons (Fsp3) is 0.385. The van der Waals surface area contributed by atoms with E-state index in [-0.39, 0.29) is 6.42 Å². The third-order valence-electron chi connectivity index (χ3n) is 2.59. The molecule has 2 N–H and O–H groups in total. The summed E-state index contributed by atoms with van der Waals surface area (Å²) >= 11 is 0. The first-order valence-electron chi connectivity index (χ1n) is 5.53. The average Bonchev–Trinajstić information content (AvgIpc) is 2.37. The van der Waals surface area contributed by atoms with E-state index in [2.05, 4.69) is 0 Å². The van der Waals surface area contributed by atoms with Crippen LogP contribution >= 0.6 is 0 Å². The molecule has 5 heteroatoms. The standard InChI is InChI=1S/C13H16O5/c1-10(16)18-13(9-15,12(17)8-14)7-11-5-3-2-4-6-11/h2-6,9,12,14,17H,7-8H2,1H3. The minimum absolute atomic E-state index is 0.0125. The molecule has 0 fully saturated rings. The second kappa shape index (κ2) is 6.28. The van der Waals surface area contributed by atoms with Crippen molar-refractivity contribution >= 4 is 12.3 Å². The molecular weight excluding hydrogens is 236 g/mol. The smallest absolute Gasteiger partial charge is 0.303 e. The summed E-state index contributed by atoms with van der Waals surface area (Å²) in [5, 5.41) is 18.7. The van der Waals surface area contributed by atoms with Gasteiger partial charge in [0.1, 0.15) is 6.10 Å². The normalized spacial score (nSPS) is 15.5. The van der Waals surface area contributed by atoms with Crippen molar-refractivity contribution < 1.29 is 24.5 Å². The van der Waals surface area contributed by atoms with Gasteiger partial charge in [0.2, 0.25) is 0 Å². The Labute approximate surface area is 105 Å². The molecule has 0 amide bonds. The first-order chi connectivity index (χ1) is 8.54. The first kappa shape index (κ1) is 14.3. The van der Waals surface area contributed by atoms with Gasteiger partial charge in [-0.3, -0.25) is 9.59 Å².